The van der Waals surface area contributed by atoms with Crippen LogP contribution in [0.15, 0.2) is 24.3 Å². The van der Waals surface area contributed by atoms with Gasteiger partial charge in [0.15, 0.2) is 0 Å². The number of carbonyl (C=O) groups excluding carboxylic acids is 4. The number of amides is 4. The first kappa shape index (κ1) is 11.0. The summed E-state index contributed by atoms with van der Waals surface area (Å²) < 4.78 is 3.49. The van der Waals surface area contributed by atoms with E-state index in [-0.39, 0.29) is 0 Å². The minimum atomic E-state index is -1.26. The summed E-state index contributed by atoms with van der Waals surface area (Å²) in [5.74, 6) is -1.87. The molecule has 1 N–H and O–H groups in total. The number of hydrazine groups is 1. The molecular weight excluding hydrogens is 329 g/mol. The quantitative estimate of drug-likeness (QED) is 0.318. The molecule has 0 fully saturated rings. The van der Waals surface area contributed by atoms with Crippen LogP contribution in [0.4, 0.5) is 0 Å². The van der Waals surface area contributed by atoms with Crippen LogP contribution in [-0.4, -0.2) is 31.8 Å². The van der Waals surface area contributed by atoms with Crippen LogP contribution < -0.4 is 25.4 Å². The van der Waals surface area contributed by atoms with Gasteiger partial charge in [-0.15, -0.1) is 0 Å². The molecule has 2 aliphatic heterocycles. The van der Waals surface area contributed by atoms with Gasteiger partial charge >= 0.3 is 101 Å². The van der Waals surface area contributed by atoms with E-state index >= 15 is 0 Å². The third-order valence-corrected chi connectivity index (χ3v) is 3.90. The molecule has 0 spiro atoms. The van der Waals surface area contributed by atoms with Crippen LogP contribution in [0.1, 0.15) is 0 Å². The molecule has 7 nitrogen and oxygen atoms in total. The van der Waals surface area contributed by atoms with Gasteiger partial charge in [-0.05, 0) is 0 Å². The Bertz CT molecular complexity index is 378. The van der Waals surface area contributed by atoms with Crippen LogP contribution >= 0.6 is 0 Å². The van der Waals surface area contributed by atoms with Crippen LogP contribution in [0.3, 0.4) is 0 Å². The molecule has 0 saturated carbocycles. The fourth-order valence-corrected chi connectivity index (χ4v) is 2.73. The topological polar surface area (TPSA) is 86.8 Å². The van der Waals surface area contributed by atoms with Crippen molar-refractivity contribution >= 4 is 23.6 Å². The van der Waals surface area contributed by atoms with Crippen molar-refractivity contribution in [3.8, 4) is 0 Å². The van der Waals surface area contributed by atoms with E-state index < -0.39 is 45.4 Å². The first-order chi connectivity index (χ1) is 7.59. The van der Waals surface area contributed by atoms with E-state index in [2.05, 4.69) is 3.64 Å². The maximum absolute atomic E-state index is 11.2. The van der Waals surface area contributed by atoms with Gasteiger partial charge in [0, 0.05) is 0 Å². The van der Waals surface area contributed by atoms with Gasteiger partial charge in [0.05, 0.1) is 0 Å². The predicted molar refractivity (Wildman–Crippen MR) is 45.1 cm³/mol. The Labute approximate surface area is 101 Å². The summed E-state index contributed by atoms with van der Waals surface area (Å²) in [6.45, 7) is 0. The fourth-order valence-electron chi connectivity index (χ4n) is 1.02. The molecule has 0 radical (unpaired) electrons. The number of rotatable bonds is 3. The second-order valence-corrected chi connectivity index (χ2v) is 4.73. The van der Waals surface area contributed by atoms with Crippen LogP contribution in [0.5, 0.6) is 0 Å². The molecule has 2 heterocycles. The zero-order chi connectivity index (χ0) is 11.7. The van der Waals surface area contributed by atoms with Crippen LogP contribution in [-0.2, 0) is 19.2 Å². The van der Waals surface area contributed by atoms with E-state index in [1.807, 2.05) is 0 Å². The second-order valence-electron chi connectivity index (χ2n) is 2.80. The van der Waals surface area contributed by atoms with Crippen molar-refractivity contribution in [3.05, 3.63) is 24.3 Å². The van der Waals surface area contributed by atoms with Crippen molar-refractivity contribution in [1.82, 2.24) is 11.8 Å². The Morgan fingerprint density at radius 2 is 1.25 bits per heavy atom. The number of hydrogen-bond donors (Lipinski definition) is 1. The summed E-state index contributed by atoms with van der Waals surface area (Å²) >= 11 is -1.26. The monoisotopic (exact) mass is 334 g/mol. The molecule has 2 rings (SSSR count). The normalized spacial score (nSPS) is 19.8. The summed E-state index contributed by atoms with van der Waals surface area (Å²) in [7, 11) is 0. The summed E-state index contributed by atoms with van der Waals surface area (Å²) in [6.07, 6.45) is 4.53. The van der Waals surface area contributed by atoms with Gasteiger partial charge in [0.25, 0.3) is 0 Å². The van der Waals surface area contributed by atoms with E-state index in [0.717, 1.165) is 32.4 Å². The summed E-state index contributed by atoms with van der Waals surface area (Å²) in [6, 6.07) is 0. The Morgan fingerprint density at radius 3 is 1.75 bits per heavy atom. The first-order valence-electron chi connectivity index (χ1n) is 4.11. The standard InChI is InChI=1S/C8H5IN3O4/c13-5-1-2-6(14)11(5)9-10-12-7(15)3-4-8(12)16/h1-4,10H/q-1. The van der Waals surface area contributed by atoms with E-state index in [9.17, 15) is 19.2 Å². The maximum atomic E-state index is 11.2. The number of hydrogen-bond acceptors (Lipinski definition) is 5. The van der Waals surface area contributed by atoms with Crippen LogP contribution in [0, 0.1) is 0 Å². The number of carbonyl (C=O) groups is 4. The molecule has 0 atom stereocenters. The van der Waals surface area contributed by atoms with Crippen molar-refractivity contribution in [2.24, 2.45) is 0 Å². The molecule has 0 bridgehead atoms. The van der Waals surface area contributed by atoms with Crippen molar-refractivity contribution < 1.29 is 40.9 Å². The number of nitrogens with one attached hydrogen (secondary N) is 1. The van der Waals surface area contributed by atoms with Gasteiger partial charge in [-0.25, -0.2) is 0 Å². The molecule has 0 saturated heterocycles. The average Bonchev–Trinajstić information content (AvgIpc) is 2.72. The van der Waals surface area contributed by atoms with Crippen molar-refractivity contribution in [2.75, 3.05) is 0 Å². The second kappa shape index (κ2) is 4.14. The molecule has 0 aromatic rings. The summed E-state index contributed by atoms with van der Waals surface area (Å²) in [4.78, 5) is 44.6. The third kappa shape index (κ3) is 1.88. The molecule has 8 heteroatoms. The SMILES string of the molecule is O=C1C=CC(=O)N1N[I-]N1C(=O)C=CC1=O. The Balaban J connectivity index is 1.93. The van der Waals surface area contributed by atoms with Gasteiger partial charge in [0.2, 0.25) is 0 Å². The molecule has 4 amide bonds. The molecule has 0 unspecified atom stereocenters. The molecule has 0 aliphatic carbocycles. The van der Waals surface area contributed by atoms with Crippen molar-refractivity contribution in [3.63, 3.8) is 0 Å². The van der Waals surface area contributed by atoms with Gasteiger partial charge in [0.1, 0.15) is 0 Å². The molecule has 0 aromatic carbocycles. The Morgan fingerprint density at radius 1 is 0.812 bits per heavy atom. The van der Waals surface area contributed by atoms with E-state index in [1.54, 1.807) is 0 Å². The zero-order valence-electron chi connectivity index (χ0n) is 7.71. The Kier molecular flexibility index (Phi) is 2.83. The van der Waals surface area contributed by atoms with Crippen molar-refractivity contribution in [2.45, 2.75) is 0 Å². The van der Waals surface area contributed by atoms with E-state index in [0.29, 0.717) is 0 Å². The molecule has 84 valence electrons. The Hall–Kier alpha value is -1.55. The molecular formula is C8H5IN3O4-. The van der Waals surface area contributed by atoms with E-state index in [1.165, 1.54) is 0 Å². The van der Waals surface area contributed by atoms with Crippen LogP contribution in [0.2, 0.25) is 0 Å². The third-order valence-electron chi connectivity index (χ3n) is 1.77. The van der Waals surface area contributed by atoms with Gasteiger partial charge < -0.3 is 0 Å². The van der Waals surface area contributed by atoms with Gasteiger partial charge in [-0.1, -0.05) is 0 Å². The molecule has 2 aliphatic rings. The van der Waals surface area contributed by atoms with E-state index in [4.69, 9.17) is 0 Å². The van der Waals surface area contributed by atoms with Crippen molar-refractivity contribution in [1.29, 1.82) is 0 Å². The number of imide groups is 2. The zero-order valence-corrected chi connectivity index (χ0v) is 9.87. The molecule has 0 aromatic heterocycles. The number of halogens is 1. The fraction of sp³-hybridized carbons (Fsp3) is 0. The van der Waals surface area contributed by atoms with Crippen LogP contribution in [0.25, 0.3) is 0 Å². The number of nitrogens with zero attached hydrogens (tertiary/aromatic N) is 2. The predicted octanol–water partition coefficient (Wildman–Crippen LogP) is -4.74. The molecule has 16 heavy (non-hydrogen) atoms. The van der Waals surface area contributed by atoms with Gasteiger partial charge in [-0.3, -0.25) is 0 Å². The summed E-state index contributed by atoms with van der Waals surface area (Å²) in [5.41, 5.74) is 0. The summed E-state index contributed by atoms with van der Waals surface area (Å²) in [5, 5.41) is 0.784. The average molecular weight is 334 g/mol. The van der Waals surface area contributed by atoms with Gasteiger partial charge in [-0.2, -0.15) is 0 Å². The minimum absolute atomic E-state index is 0.433. The first-order valence-corrected chi connectivity index (χ1v) is 6.16.